The average molecular weight is 391 g/mol. The highest BCUT2D eigenvalue weighted by Gasteiger charge is 2.27. The standard InChI is InChI=1S/C19H26N4O3S/c1-3-5-17(24)21-14-6-4-10-23(12-14)18(25)16-8-7-15(26-16)13-27-19-20-9-11-22(19)2/h7-9,11,14H,3-6,10,12-13H2,1-2H3,(H,21,24). The number of imidazole rings is 1. The number of hydrogen-bond donors (Lipinski definition) is 1. The first-order valence-electron chi connectivity index (χ1n) is 9.34. The van der Waals surface area contributed by atoms with Crippen LogP contribution < -0.4 is 5.32 Å². The molecule has 0 radical (unpaired) electrons. The second-order valence-corrected chi connectivity index (χ2v) is 7.73. The van der Waals surface area contributed by atoms with Gasteiger partial charge in [-0.05, 0) is 31.4 Å². The van der Waals surface area contributed by atoms with Crippen molar-refractivity contribution in [3.05, 3.63) is 36.0 Å². The van der Waals surface area contributed by atoms with Crippen molar-refractivity contribution in [2.45, 2.75) is 49.6 Å². The first-order valence-corrected chi connectivity index (χ1v) is 10.3. The Balaban J connectivity index is 1.55. The molecule has 3 heterocycles. The molecule has 0 aliphatic carbocycles. The van der Waals surface area contributed by atoms with Crippen LogP contribution in [0.3, 0.4) is 0 Å². The summed E-state index contributed by atoms with van der Waals surface area (Å²) in [5, 5.41) is 3.93. The van der Waals surface area contributed by atoms with Crippen molar-refractivity contribution in [2.75, 3.05) is 13.1 Å². The summed E-state index contributed by atoms with van der Waals surface area (Å²) in [6.45, 7) is 3.21. The van der Waals surface area contributed by atoms with Gasteiger partial charge in [-0.15, -0.1) is 0 Å². The third-order valence-electron chi connectivity index (χ3n) is 4.54. The zero-order chi connectivity index (χ0) is 19.2. The van der Waals surface area contributed by atoms with E-state index < -0.39 is 0 Å². The lowest BCUT2D eigenvalue weighted by molar-refractivity contribution is -0.122. The smallest absolute Gasteiger partial charge is 0.289 e. The third-order valence-corrected chi connectivity index (χ3v) is 5.62. The van der Waals surface area contributed by atoms with Gasteiger partial charge in [-0.3, -0.25) is 9.59 Å². The Hall–Kier alpha value is -2.22. The van der Waals surface area contributed by atoms with Crippen LogP contribution in [0.4, 0.5) is 0 Å². The van der Waals surface area contributed by atoms with Crippen LogP contribution in [0, 0.1) is 0 Å². The molecule has 27 heavy (non-hydrogen) atoms. The molecule has 1 aliphatic rings. The van der Waals surface area contributed by atoms with E-state index in [0.29, 0.717) is 31.0 Å². The van der Waals surface area contributed by atoms with Crippen molar-refractivity contribution in [2.24, 2.45) is 7.05 Å². The molecule has 3 rings (SSSR count). The van der Waals surface area contributed by atoms with Crippen molar-refractivity contribution >= 4 is 23.6 Å². The van der Waals surface area contributed by atoms with Crippen LogP contribution in [0.25, 0.3) is 0 Å². The summed E-state index contributed by atoms with van der Waals surface area (Å²) >= 11 is 1.56. The predicted molar refractivity (Wildman–Crippen MR) is 103 cm³/mol. The fourth-order valence-corrected chi connectivity index (χ4v) is 3.99. The molecule has 1 atom stereocenters. The number of nitrogens with zero attached hydrogens (tertiary/aromatic N) is 3. The van der Waals surface area contributed by atoms with Crippen LogP contribution in [0.1, 0.15) is 48.9 Å². The largest absolute Gasteiger partial charge is 0.455 e. The molecule has 1 N–H and O–H groups in total. The summed E-state index contributed by atoms with van der Waals surface area (Å²) in [5.74, 6) is 1.66. The molecule has 1 aliphatic heterocycles. The van der Waals surface area contributed by atoms with E-state index in [2.05, 4.69) is 10.3 Å². The molecular formula is C19H26N4O3S. The topological polar surface area (TPSA) is 80.4 Å². The molecule has 0 spiro atoms. The highest BCUT2D eigenvalue weighted by Crippen LogP contribution is 2.23. The Morgan fingerprint density at radius 3 is 3.00 bits per heavy atom. The number of furan rings is 1. The number of rotatable bonds is 7. The van der Waals surface area contributed by atoms with Crippen LogP contribution in [0.5, 0.6) is 0 Å². The number of likely N-dealkylation sites (tertiary alicyclic amines) is 1. The summed E-state index contributed by atoms with van der Waals surface area (Å²) < 4.78 is 7.70. The second kappa shape index (κ2) is 9.12. The van der Waals surface area contributed by atoms with Gasteiger partial charge in [-0.2, -0.15) is 0 Å². The summed E-state index contributed by atoms with van der Waals surface area (Å²) in [5.41, 5.74) is 0. The van der Waals surface area contributed by atoms with Crippen molar-refractivity contribution < 1.29 is 14.0 Å². The molecule has 7 nitrogen and oxygen atoms in total. The van der Waals surface area contributed by atoms with E-state index >= 15 is 0 Å². The highest BCUT2D eigenvalue weighted by atomic mass is 32.2. The number of carbonyl (C=O) groups excluding carboxylic acids is 2. The molecule has 0 bridgehead atoms. The van der Waals surface area contributed by atoms with Gasteiger partial charge in [0.1, 0.15) is 5.76 Å². The van der Waals surface area contributed by atoms with Crippen molar-refractivity contribution in [1.29, 1.82) is 0 Å². The van der Waals surface area contributed by atoms with Crippen LogP contribution >= 0.6 is 11.8 Å². The molecule has 0 saturated carbocycles. The number of aromatic nitrogens is 2. The normalized spacial score (nSPS) is 17.1. The van der Waals surface area contributed by atoms with Crippen LogP contribution in [0.15, 0.2) is 34.1 Å². The molecule has 146 valence electrons. The first kappa shape index (κ1) is 19.5. The number of piperidine rings is 1. The summed E-state index contributed by atoms with van der Waals surface area (Å²) in [4.78, 5) is 30.6. The minimum atomic E-state index is -0.113. The van der Waals surface area contributed by atoms with Gasteiger partial charge in [0, 0.05) is 45.0 Å². The predicted octanol–water partition coefficient (Wildman–Crippen LogP) is 2.83. The highest BCUT2D eigenvalue weighted by molar-refractivity contribution is 7.98. The van der Waals surface area contributed by atoms with E-state index in [1.807, 2.05) is 30.8 Å². The maximum absolute atomic E-state index is 12.8. The van der Waals surface area contributed by atoms with Crippen LogP contribution in [0.2, 0.25) is 0 Å². The summed E-state index contributed by atoms with van der Waals surface area (Å²) in [7, 11) is 1.94. The summed E-state index contributed by atoms with van der Waals surface area (Å²) in [6.07, 6.45) is 6.79. The van der Waals surface area contributed by atoms with Crippen molar-refractivity contribution in [3.63, 3.8) is 0 Å². The van der Waals surface area contributed by atoms with Gasteiger partial charge in [-0.25, -0.2) is 4.98 Å². The Labute approximate surface area is 163 Å². The molecule has 1 unspecified atom stereocenters. The van der Waals surface area contributed by atoms with Crippen LogP contribution in [-0.2, 0) is 17.6 Å². The Morgan fingerprint density at radius 1 is 1.41 bits per heavy atom. The van der Waals surface area contributed by atoms with Gasteiger partial charge in [0.05, 0.1) is 5.75 Å². The molecule has 1 saturated heterocycles. The van der Waals surface area contributed by atoms with Gasteiger partial charge in [0.2, 0.25) is 5.91 Å². The van der Waals surface area contributed by atoms with Crippen molar-refractivity contribution in [1.82, 2.24) is 19.8 Å². The fraction of sp³-hybridized carbons (Fsp3) is 0.526. The SMILES string of the molecule is CCCC(=O)NC1CCCN(C(=O)c2ccc(CSc3nccn3C)o2)C1. The minimum absolute atomic E-state index is 0.0233. The van der Waals surface area contributed by atoms with Gasteiger partial charge < -0.3 is 19.2 Å². The van der Waals surface area contributed by atoms with E-state index in [1.54, 1.807) is 28.9 Å². The molecule has 1 fully saturated rings. The lowest BCUT2D eigenvalue weighted by Gasteiger charge is -2.32. The van der Waals surface area contributed by atoms with Crippen LogP contribution in [-0.4, -0.2) is 45.4 Å². The van der Waals surface area contributed by atoms with Gasteiger partial charge in [0.25, 0.3) is 5.91 Å². The van der Waals surface area contributed by atoms with E-state index in [-0.39, 0.29) is 17.9 Å². The van der Waals surface area contributed by atoms with Crippen molar-refractivity contribution in [3.8, 4) is 0 Å². The van der Waals surface area contributed by atoms with Gasteiger partial charge in [0.15, 0.2) is 10.9 Å². The minimum Gasteiger partial charge on any atom is -0.455 e. The van der Waals surface area contributed by atoms with Gasteiger partial charge in [-0.1, -0.05) is 18.7 Å². The van der Waals surface area contributed by atoms with E-state index in [1.165, 1.54) is 0 Å². The monoisotopic (exact) mass is 390 g/mol. The maximum atomic E-state index is 12.8. The molecule has 2 aromatic rings. The zero-order valence-corrected chi connectivity index (χ0v) is 16.6. The van der Waals surface area contributed by atoms with E-state index in [4.69, 9.17) is 4.42 Å². The quantitative estimate of drug-likeness (QED) is 0.736. The Kier molecular flexibility index (Phi) is 6.60. The summed E-state index contributed by atoms with van der Waals surface area (Å²) in [6, 6.07) is 3.60. The Morgan fingerprint density at radius 2 is 2.26 bits per heavy atom. The number of amides is 2. The molecule has 8 heteroatoms. The first-order chi connectivity index (χ1) is 13.1. The second-order valence-electron chi connectivity index (χ2n) is 6.78. The lowest BCUT2D eigenvalue weighted by atomic mass is 10.0. The number of hydrogen-bond acceptors (Lipinski definition) is 5. The van der Waals surface area contributed by atoms with E-state index in [9.17, 15) is 9.59 Å². The van der Waals surface area contributed by atoms with Gasteiger partial charge >= 0.3 is 0 Å². The zero-order valence-electron chi connectivity index (χ0n) is 15.8. The molecule has 0 aromatic carbocycles. The van der Waals surface area contributed by atoms with E-state index in [0.717, 1.165) is 30.2 Å². The molecular weight excluding hydrogens is 364 g/mol. The number of aryl methyl sites for hydroxylation is 1. The maximum Gasteiger partial charge on any atom is 0.289 e. The number of thioether (sulfide) groups is 1. The fourth-order valence-electron chi connectivity index (χ4n) is 3.16. The number of nitrogens with one attached hydrogen (secondary N) is 1. The molecule has 2 amide bonds. The number of carbonyl (C=O) groups is 2. The average Bonchev–Trinajstić information content (AvgIpc) is 3.28. The lowest BCUT2D eigenvalue weighted by Crippen LogP contribution is -2.49. The third kappa shape index (κ3) is 5.15. The molecule has 2 aromatic heterocycles. The Bertz CT molecular complexity index is 786.